The fourth-order valence-electron chi connectivity index (χ4n) is 10.0. The molecule has 14 rings (SSSR count). The number of nitrogens with one attached hydrogen (secondary N) is 2. The third-order valence-corrected chi connectivity index (χ3v) is 21.4. The molecule has 33 heteroatoms. The summed E-state index contributed by atoms with van der Waals surface area (Å²) in [4.78, 5) is 155. The number of nitrogens with two attached hydrogens (primary N) is 1. The molecule has 0 unspecified atom stereocenters. The molecule has 7 N–H and O–H groups in total. The van der Waals surface area contributed by atoms with Crippen LogP contribution in [0.15, 0.2) is 231 Å². The molecule has 0 saturated heterocycles. The number of hydrogen-bond acceptors (Lipinski definition) is 27. The van der Waals surface area contributed by atoms with Crippen LogP contribution in [0.2, 0.25) is 0 Å². The van der Waals surface area contributed by atoms with Gasteiger partial charge in [0.15, 0.2) is 29.5 Å². The van der Waals surface area contributed by atoms with Crippen LogP contribution < -0.4 is 16.4 Å². The molecule has 3 aromatic carbocycles. The first kappa shape index (κ1) is 85.8. The van der Waals surface area contributed by atoms with Crippen LogP contribution in [-0.4, -0.2) is 136 Å². The second-order valence-electron chi connectivity index (χ2n) is 24.1. The van der Waals surface area contributed by atoms with Gasteiger partial charge in [-0.05, 0) is 139 Å². The molecule has 0 fully saturated rings. The lowest BCUT2D eigenvalue weighted by molar-refractivity contribution is -0.147. The zero-order valence-electron chi connectivity index (χ0n) is 60.8. The maximum absolute atomic E-state index is 12.8. The van der Waals surface area contributed by atoms with E-state index in [2.05, 4.69) is 45.3 Å². The summed E-state index contributed by atoms with van der Waals surface area (Å²) in [7, 11) is 1.38. The van der Waals surface area contributed by atoms with E-state index in [1.165, 1.54) is 82.1 Å². The number of thiophene rings is 5. The zero-order chi connectivity index (χ0) is 82.0. The lowest BCUT2D eigenvalue weighted by Gasteiger charge is -2.17. The van der Waals surface area contributed by atoms with Crippen LogP contribution in [0, 0.1) is 5.82 Å². The van der Waals surface area contributed by atoms with Gasteiger partial charge in [-0.1, -0.05) is 91.0 Å². The molecule has 14 aromatic rings. The Morgan fingerprint density at radius 2 is 0.748 bits per heavy atom. The number of aliphatic carboxylic acids is 2. The molecule has 11 heterocycles. The van der Waals surface area contributed by atoms with Gasteiger partial charge in [-0.15, -0.1) is 56.7 Å². The molecular formula is C82H70FN9O18S5. The van der Waals surface area contributed by atoms with Crippen LogP contribution in [0.3, 0.4) is 0 Å². The number of benzene rings is 3. The van der Waals surface area contributed by atoms with Crippen molar-refractivity contribution < 1.29 is 91.4 Å². The molecule has 115 heavy (non-hydrogen) atoms. The standard InChI is InChI=1S/C27H24N2O5S.C20H18N2O5S.C12H12N2O3S.C9H7NO2S.C8H5NO2S.C6H4FNO/c30-23(25-16-22-24(35-25)12-7-15-28-22)14-13-21(26(31)33-17-19-8-3-1-4-9-19)29-27(32)34-18-20-10-5-2-6-11-20;23-16(18-11-15-17(28-18)7-4-10-21-15)9-8-14(19(24)25)22-20(26)27-12-13-5-2-1-3-6-13;13-7(12(16)17)3-4-9(15)11-6-8-10(18-11)2-1-5-14-8;1-12-9(11)8-5-6-7(13-8)3-2-4-10-6;10-8(11)7-4-5-6(12-7)2-1-3-9-5;7-5-2-1-3-8-6(5)4-9/h1-12,15-16,21H,13-14,17-18H2,(H,29,32);1-7,10-11,14H,8-9,12H2,(H,22,26)(H,24,25);1-2,5-7H,3-4,13H2,(H,16,17);2-5H,1H3;1-4H,(H,10,11);1-4H/t21-;14-;7-;;;/m111.../s1. The van der Waals surface area contributed by atoms with E-state index in [1.54, 1.807) is 85.6 Å². The number of methoxy groups -OCH3 is 1. The largest absolute Gasteiger partial charge is 0.480 e. The summed E-state index contributed by atoms with van der Waals surface area (Å²) in [5, 5.41) is 31.5. The lowest BCUT2D eigenvalue weighted by atomic mass is 10.1. The van der Waals surface area contributed by atoms with Crippen molar-refractivity contribution in [2.45, 2.75) is 76.5 Å². The van der Waals surface area contributed by atoms with E-state index in [9.17, 15) is 62.2 Å². The third kappa shape index (κ3) is 27.0. The van der Waals surface area contributed by atoms with E-state index in [0.717, 1.165) is 67.8 Å². The number of nitrogens with zero attached hydrogens (tertiary/aromatic N) is 6. The summed E-state index contributed by atoms with van der Waals surface area (Å²) in [5.74, 6) is -5.11. The summed E-state index contributed by atoms with van der Waals surface area (Å²) < 4.78 is 37.3. The highest BCUT2D eigenvalue weighted by Crippen LogP contribution is 2.29. The van der Waals surface area contributed by atoms with Gasteiger partial charge in [0.25, 0.3) is 0 Å². The Morgan fingerprint density at radius 1 is 0.417 bits per heavy atom. The Bertz CT molecular complexity index is 5510. The molecule has 0 spiro atoms. The quantitative estimate of drug-likeness (QED) is 0.0127. The maximum Gasteiger partial charge on any atom is 0.408 e. The number of pyridine rings is 6. The lowest BCUT2D eigenvalue weighted by Crippen LogP contribution is -2.42. The fraction of sp³-hybridized carbons (Fsp3) is 0.159. The van der Waals surface area contributed by atoms with Gasteiger partial charge in [0.2, 0.25) is 0 Å². The Balaban J connectivity index is 0.000000168. The number of carbonyl (C=O) groups is 11. The Kier molecular flexibility index (Phi) is 33.0. The predicted octanol–water partition coefficient (Wildman–Crippen LogP) is 15.7. The molecule has 0 saturated carbocycles. The van der Waals surface area contributed by atoms with E-state index in [4.69, 9.17) is 30.2 Å². The van der Waals surface area contributed by atoms with Crippen molar-refractivity contribution in [3.8, 4) is 0 Å². The van der Waals surface area contributed by atoms with Crippen molar-refractivity contribution in [3.63, 3.8) is 0 Å². The zero-order valence-corrected chi connectivity index (χ0v) is 64.8. The highest BCUT2D eigenvalue weighted by Gasteiger charge is 2.27. The third-order valence-electron chi connectivity index (χ3n) is 15.9. The minimum atomic E-state index is -1.22. The second-order valence-corrected chi connectivity index (χ2v) is 29.5. The number of alkyl carbamates (subject to hydrolysis) is 2. The minimum Gasteiger partial charge on any atom is -0.480 e. The van der Waals surface area contributed by atoms with Crippen LogP contribution in [0.5, 0.6) is 0 Å². The Hall–Kier alpha value is -13.2. The Labute approximate surface area is 674 Å². The summed E-state index contributed by atoms with van der Waals surface area (Å²) >= 11 is 6.67. The normalized spacial score (nSPS) is 11.3. The van der Waals surface area contributed by atoms with Crippen molar-refractivity contribution in [2.24, 2.45) is 5.73 Å². The van der Waals surface area contributed by atoms with Crippen molar-refractivity contribution in [2.75, 3.05) is 7.11 Å². The molecule has 11 aromatic heterocycles. The topological polar surface area (TPSA) is 413 Å². The number of ketones is 3. The smallest absolute Gasteiger partial charge is 0.408 e. The number of ether oxygens (including phenoxy) is 4. The molecular weight excluding hydrogens is 1580 g/mol. The molecule has 27 nitrogen and oxygen atoms in total. The molecule has 2 amide bonds. The number of carboxylic acid groups (broad SMARTS) is 3. The first-order valence-electron chi connectivity index (χ1n) is 34.7. The van der Waals surface area contributed by atoms with Crippen LogP contribution in [0.1, 0.15) is 114 Å². The van der Waals surface area contributed by atoms with Gasteiger partial charge < -0.3 is 50.6 Å². The Morgan fingerprint density at radius 3 is 1.10 bits per heavy atom. The van der Waals surface area contributed by atoms with Crippen molar-refractivity contribution in [1.82, 2.24) is 40.5 Å². The number of halogens is 1. The number of carboxylic acids is 3. The highest BCUT2D eigenvalue weighted by atomic mass is 32.1. The summed E-state index contributed by atoms with van der Waals surface area (Å²) in [6.07, 6.45) is 8.88. The van der Waals surface area contributed by atoms with Gasteiger partial charge in [-0.2, -0.15) is 0 Å². The summed E-state index contributed by atoms with van der Waals surface area (Å²) in [6, 6.07) is 53.9. The average molecular weight is 1650 g/mol. The minimum absolute atomic E-state index is 0.0112. The number of esters is 2. The van der Waals surface area contributed by atoms with Crippen LogP contribution >= 0.6 is 56.7 Å². The number of Topliss-reactive ketones (excluding diaryl/α,β-unsaturated/α-hetero) is 3. The number of fused-ring (bicyclic) bond motifs is 5. The molecule has 3 atom stereocenters. The first-order valence-corrected chi connectivity index (χ1v) is 38.8. The SMILES string of the molecule is COC(=O)c1cc2ncccc2s1.N[C@H](CCC(=O)c1cc2ncccc2s1)C(=O)O.O=C(N[C@H](CCC(=O)c1cc2ncccc2s1)C(=O)O)OCc1ccccc1.O=C(N[C@H](CCC(=O)c1cc2ncccc2s1)C(=O)OCc1ccccc1)OCc1ccccc1.O=C(O)c1cc2ncccc2s1.O=Cc1ncccc1F. The molecule has 588 valence electrons. The number of rotatable bonds is 26. The predicted molar refractivity (Wildman–Crippen MR) is 433 cm³/mol. The number of aromatic nitrogens is 6. The molecule has 0 aliphatic rings. The van der Waals surface area contributed by atoms with Gasteiger partial charge >= 0.3 is 42.0 Å². The average Bonchev–Trinajstić information content (AvgIpc) is 1.71. The van der Waals surface area contributed by atoms with E-state index in [-0.39, 0.29) is 87.4 Å². The van der Waals surface area contributed by atoms with Crippen LogP contribution in [0.4, 0.5) is 14.0 Å². The molecule has 0 radical (unpaired) electrons. The fourth-order valence-corrected chi connectivity index (χ4v) is 14.8. The van der Waals surface area contributed by atoms with E-state index < -0.39 is 60.0 Å². The molecule has 0 aliphatic heterocycles. The number of amides is 2. The van der Waals surface area contributed by atoms with E-state index >= 15 is 0 Å². The van der Waals surface area contributed by atoms with Gasteiger partial charge in [0.1, 0.15) is 53.4 Å². The van der Waals surface area contributed by atoms with E-state index in [0.29, 0.717) is 30.7 Å². The van der Waals surface area contributed by atoms with Crippen molar-refractivity contribution in [3.05, 3.63) is 284 Å². The molecule has 0 aliphatic carbocycles. The van der Waals surface area contributed by atoms with Crippen LogP contribution in [0.25, 0.3) is 51.1 Å². The van der Waals surface area contributed by atoms with Crippen molar-refractivity contribution in [1.29, 1.82) is 0 Å². The molecule has 0 bridgehead atoms. The maximum atomic E-state index is 12.8. The number of carbonyl (C=O) groups excluding carboxylic acids is 8. The number of aldehydes is 1. The number of aromatic carboxylic acids is 1. The van der Waals surface area contributed by atoms with Crippen LogP contribution in [-0.2, 0) is 53.2 Å². The number of hydrogen-bond donors (Lipinski definition) is 6. The monoisotopic (exact) mass is 1650 g/mol. The van der Waals surface area contributed by atoms with E-state index in [1.807, 2.05) is 127 Å². The van der Waals surface area contributed by atoms with Gasteiger partial charge in [0.05, 0.1) is 72.8 Å². The highest BCUT2D eigenvalue weighted by molar-refractivity contribution is 7.22. The van der Waals surface area contributed by atoms with Crippen molar-refractivity contribution >= 4 is 173 Å². The summed E-state index contributed by atoms with van der Waals surface area (Å²) in [5.41, 5.74) is 11.5. The second kappa shape index (κ2) is 44.2. The van der Waals surface area contributed by atoms with Gasteiger partial charge in [-0.25, -0.2) is 33.2 Å². The first-order chi connectivity index (χ1) is 55.6. The van der Waals surface area contributed by atoms with Gasteiger partial charge in [-0.3, -0.25) is 53.9 Å². The van der Waals surface area contributed by atoms with Gasteiger partial charge in [0, 0.05) is 56.4 Å². The summed E-state index contributed by atoms with van der Waals surface area (Å²) in [6.45, 7) is 0.158.